The Morgan fingerprint density at radius 2 is 1.75 bits per heavy atom. The van der Waals surface area contributed by atoms with Crippen LogP contribution in [0.1, 0.15) is 18.1 Å². The summed E-state index contributed by atoms with van der Waals surface area (Å²) < 4.78 is 1.41. The molecule has 0 bridgehead atoms. The molecule has 0 unspecified atom stereocenters. The molecule has 7 heteroatoms. The van der Waals surface area contributed by atoms with E-state index in [2.05, 4.69) is 32.9 Å². The second kappa shape index (κ2) is 7.65. The van der Waals surface area contributed by atoms with Gasteiger partial charge in [0.15, 0.2) is 0 Å². The Labute approximate surface area is 144 Å². The number of nitrogens with one attached hydrogen (secondary N) is 1. The Balaban J connectivity index is 1.64. The lowest BCUT2D eigenvalue weighted by molar-refractivity contribution is 0.846. The van der Waals surface area contributed by atoms with Gasteiger partial charge in [0.1, 0.15) is 0 Å². The zero-order valence-electron chi connectivity index (χ0n) is 13.3. The fraction of sp³-hybridized carbons (Fsp3) is 0.118. The molecule has 3 aromatic rings. The van der Waals surface area contributed by atoms with Crippen LogP contribution in [0.5, 0.6) is 0 Å². The maximum absolute atomic E-state index is 6.03. The number of benzene rings is 2. The molecule has 0 fully saturated rings. The quantitative estimate of drug-likeness (QED) is 0.312. The van der Waals surface area contributed by atoms with E-state index in [-0.39, 0.29) is 0 Å². The lowest BCUT2D eigenvalue weighted by Gasteiger charge is -2.04. The summed E-state index contributed by atoms with van der Waals surface area (Å²) in [5.74, 6) is 7.22. The fourth-order valence-electron chi connectivity index (χ4n) is 2.05. The van der Waals surface area contributed by atoms with Crippen LogP contribution in [-0.4, -0.2) is 20.6 Å². The Morgan fingerprint density at radius 1 is 1.08 bits per heavy atom. The summed E-state index contributed by atoms with van der Waals surface area (Å²) in [6, 6.07) is 20.0. The predicted molar refractivity (Wildman–Crippen MR) is 98.5 cm³/mol. The van der Waals surface area contributed by atoms with E-state index in [0.29, 0.717) is 11.1 Å². The van der Waals surface area contributed by atoms with Crippen molar-refractivity contribution < 1.29 is 0 Å². The number of hydrogen-bond acceptors (Lipinski definition) is 6. The average Bonchev–Trinajstić information content (AvgIpc) is 2.99. The van der Waals surface area contributed by atoms with Gasteiger partial charge in [-0.15, -0.1) is 10.2 Å². The molecule has 0 aliphatic carbocycles. The first-order valence-corrected chi connectivity index (χ1v) is 8.45. The summed E-state index contributed by atoms with van der Waals surface area (Å²) in [4.78, 5) is 0. The van der Waals surface area contributed by atoms with Crippen molar-refractivity contribution >= 4 is 23.4 Å². The van der Waals surface area contributed by atoms with Gasteiger partial charge in [-0.05, 0) is 18.1 Å². The minimum atomic E-state index is 0.404. The normalized spacial score (nSPS) is 11.5. The number of nitrogen functional groups attached to an aromatic ring is 1. The molecule has 3 N–H and O–H groups in total. The number of nitrogens with two attached hydrogens (primary N) is 1. The van der Waals surface area contributed by atoms with E-state index in [9.17, 15) is 0 Å². The Morgan fingerprint density at radius 3 is 2.46 bits per heavy atom. The fourth-order valence-corrected chi connectivity index (χ4v) is 2.86. The monoisotopic (exact) mass is 338 g/mol. The standard InChI is InChI=1S/C17H18N6S/c1-13(15-10-6-3-7-11-15)19-20-16-21-22-17(23(16)18)24-12-14-8-4-2-5-9-14/h2-11H,12,18H2,1H3,(H,20,21)/b19-13+. The van der Waals surface area contributed by atoms with E-state index < -0.39 is 0 Å². The van der Waals surface area contributed by atoms with Crippen LogP contribution < -0.4 is 11.3 Å². The average molecular weight is 338 g/mol. The van der Waals surface area contributed by atoms with Gasteiger partial charge in [0.05, 0.1) is 5.71 Å². The van der Waals surface area contributed by atoms with Gasteiger partial charge in [0.2, 0.25) is 5.16 Å². The summed E-state index contributed by atoms with van der Waals surface area (Å²) in [6.07, 6.45) is 0. The van der Waals surface area contributed by atoms with E-state index >= 15 is 0 Å². The third-order valence-corrected chi connectivity index (χ3v) is 4.40. The smallest absolute Gasteiger partial charge is 0.264 e. The maximum atomic E-state index is 6.03. The largest absolute Gasteiger partial charge is 0.334 e. The molecule has 0 saturated heterocycles. The lowest BCUT2D eigenvalue weighted by atomic mass is 10.1. The van der Waals surface area contributed by atoms with Gasteiger partial charge in [-0.25, -0.2) is 10.1 Å². The van der Waals surface area contributed by atoms with Gasteiger partial charge in [-0.1, -0.05) is 72.4 Å². The number of hydrogen-bond donors (Lipinski definition) is 2. The molecule has 0 saturated carbocycles. The number of thioether (sulfide) groups is 1. The summed E-state index contributed by atoms with van der Waals surface area (Å²) in [6.45, 7) is 1.92. The van der Waals surface area contributed by atoms with E-state index in [1.54, 1.807) is 0 Å². The Kier molecular flexibility index (Phi) is 5.12. The number of rotatable bonds is 6. The third-order valence-electron chi connectivity index (χ3n) is 3.39. The zero-order chi connectivity index (χ0) is 16.8. The summed E-state index contributed by atoms with van der Waals surface area (Å²) in [7, 11) is 0. The number of aromatic nitrogens is 3. The highest BCUT2D eigenvalue weighted by Crippen LogP contribution is 2.21. The van der Waals surface area contributed by atoms with Gasteiger partial charge in [0.25, 0.3) is 5.95 Å². The molecular weight excluding hydrogens is 320 g/mol. The van der Waals surface area contributed by atoms with Crippen molar-refractivity contribution in [2.45, 2.75) is 17.8 Å². The predicted octanol–water partition coefficient (Wildman–Crippen LogP) is 3.12. The summed E-state index contributed by atoms with van der Waals surface area (Å²) >= 11 is 1.53. The van der Waals surface area contributed by atoms with E-state index in [1.807, 2.05) is 55.5 Å². The van der Waals surface area contributed by atoms with Crippen molar-refractivity contribution in [2.75, 3.05) is 11.3 Å². The van der Waals surface area contributed by atoms with Gasteiger partial charge < -0.3 is 5.84 Å². The number of anilines is 1. The molecule has 0 spiro atoms. The topological polar surface area (TPSA) is 81.1 Å². The lowest BCUT2D eigenvalue weighted by Crippen LogP contribution is -2.13. The molecule has 1 heterocycles. The molecule has 3 rings (SSSR count). The SMILES string of the molecule is C/C(=N\Nc1nnc(SCc2ccccc2)n1N)c1ccccc1. The van der Waals surface area contributed by atoms with Crippen LogP contribution in [0.2, 0.25) is 0 Å². The molecule has 122 valence electrons. The van der Waals surface area contributed by atoms with Crippen LogP contribution in [0.4, 0.5) is 5.95 Å². The van der Waals surface area contributed by atoms with Crippen molar-refractivity contribution in [2.24, 2.45) is 5.10 Å². The molecule has 6 nitrogen and oxygen atoms in total. The number of hydrazone groups is 1. The van der Waals surface area contributed by atoms with Crippen molar-refractivity contribution in [1.82, 2.24) is 14.9 Å². The van der Waals surface area contributed by atoms with Crippen LogP contribution in [0.25, 0.3) is 0 Å². The minimum Gasteiger partial charge on any atom is -0.334 e. The Hall–Kier alpha value is -2.80. The van der Waals surface area contributed by atoms with Gasteiger partial charge in [-0.2, -0.15) is 5.10 Å². The highest BCUT2D eigenvalue weighted by molar-refractivity contribution is 7.98. The first-order chi connectivity index (χ1) is 11.7. The molecule has 24 heavy (non-hydrogen) atoms. The van der Waals surface area contributed by atoms with Gasteiger partial charge >= 0.3 is 0 Å². The zero-order valence-corrected chi connectivity index (χ0v) is 14.1. The highest BCUT2D eigenvalue weighted by atomic mass is 32.2. The molecule has 0 aliphatic rings. The molecule has 0 amide bonds. The molecule has 0 atom stereocenters. The van der Waals surface area contributed by atoms with E-state index in [4.69, 9.17) is 5.84 Å². The summed E-state index contributed by atoms with van der Waals surface area (Å²) in [5.41, 5.74) is 5.95. The molecule has 0 radical (unpaired) electrons. The minimum absolute atomic E-state index is 0.404. The number of nitrogens with zero attached hydrogens (tertiary/aromatic N) is 4. The molecule has 2 aromatic carbocycles. The van der Waals surface area contributed by atoms with Crippen molar-refractivity contribution in [3.05, 3.63) is 71.8 Å². The van der Waals surface area contributed by atoms with Crippen LogP contribution in [0.15, 0.2) is 70.9 Å². The van der Waals surface area contributed by atoms with Crippen molar-refractivity contribution in [3.8, 4) is 0 Å². The second-order valence-corrected chi connectivity index (χ2v) is 6.07. The second-order valence-electron chi connectivity index (χ2n) is 5.13. The molecule has 0 aliphatic heterocycles. The molecule has 1 aromatic heterocycles. The molecular formula is C17H18N6S. The van der Waals surface area contributed by atoms with Crippen molar-refractivity contribution in [1.29, 1.82) is 0 Å². The summed E-state index contributed by atoms with van der Waals surface area (Å²) in [5, 5.41) is 13.1. The van der Waals surface area contributed by atoms with Crippen LogP contribution in [0.3, 0.4) is 0 Å². The van der Waals surface area contributed by atoms with Crippen LogP contribution in [-0.2, 0) is 5.75 Å². The highest BCUT2D eigenvalue weighted by Gasteiger charge is 2.10. The van der Waals surface area contributed by atoms with Crippen LogP contribution in [0, 0.1) is 0 Å². The first kappa shape index (κ1) is 16.1. The third kappa shape index (κ3) is 3.94. The van der Waals surface area contributed by atoms with Crippen molar-refractivity contribution in [3.63, 3.8) is 0 Å². The van der Waals surface area contributed by atoms with Crippen LogP contribution >= 0.6 is 11.8 Å². The van der Waals surface area contributed by atoms with Gasteiger partial charge in [0, 0.05) is 5.75 Å². The van der Waals surface area contributed by atoms with E-state index in [1.165, 1.54) is 22.0 Å². The first-order valence-electron chi connectivity index (χ1n) is 7.47. The maximum Gasteiger partial charge on any atom is 0.264 e. The van der Waals surface area contributed by atoms with Gasteiger partial charge in [-0.3, -0.25) is 0 Å². The van der Waals surface area contributed by atoms with E-state index in [0.717, 1.165) is 17.0 Å². The Bertz CT molecular complexity index is 814.